The van der Waals surface area contributed by atoms with Gasteiger partial charge in [0.1, 0.15) is 12.4 Å². The fourth-order valence-corrected chi connectivity index (χ4v) is 3.74. The van der Waals surface area contributed by atoms with Gasteiger partial charge in [-0.25, -0.2) is 4.79 Å². The average Bonchev–Trinajstić information content (AvgIpc) is 3.37. The van der Waals surface area contributed by atoms with Crippen LogP contribution in [0.25, 0.3) is 22.5 Å². The zero-order valence-electron chi connectivity index (χ0n) is 18.8. The summed E-state index contributed by atoms with van der Waals surface area (Å²) in [7, 11) is 0. The molecule has 5 aromatic rings. The highest BCUT2D eigenvalue weighted by atomic mass is 16.5. The van der Waals surface area contributed by atoms with Crippen LogP contribution in [0.1, 0.15) is 21.5 Å². The highest BCUT2D eigenvalue weighted by molar-refractivity contribution is 5.89. The van der Waals surface area contributed by atoms with E-state index in [4.69, 9.17) is 4.74 Å². The molecule has 35 heavy (non-hydrogen) atoms. The molecule has 0 bridgehead atoms. The van der Waals surface area contributed by atoms with Crippen LogP contribution in [0.2, 0.25) is 0 Å². The number of aromatic carboxylic acids is 1. The number of carbonyl (C=O) groups is 1. The quantitative estimate of drug-likeness (QED) is 0.335. The van der Waals surface area contributed by atoms with Crippen LogP contribution in [0.15, 0.2) is 103 Å². The number of hydrogen-bond acceptors (Lipinski definition) is 5. The molecule has 1 N–H and O–H groups in total. The van der Waals surface area contributed by atoms with Gasteiger partial charge in [-0.2, -0.15) is 4.80 Å². The normalized spacial score (nSPS) is 10.7. The molecule has 7 heteroatoms. The Morgan fingerprint density at radius 1 is 0.771 bits per heavy atom. The number of carboxylic acid groups (broad SMARTS) is 1. The van der Waals surface area contributed by atoms with Crippen molar-refractivity contribution >= 4 is 5.97 Å². The lowest BCUT2D eigenvalue weighted by Gasteiger charge is -2.08. The van der Waals surface area contributed by atoms with Crippen LogP contribution >= 0.6 is 0 Å². The largest absolute Gasteiger partial charge is 0.489 e. The van der Waals surface area contributed by atoms with Crippen LogP contribution in [0.5, 0.6) is 5.75 Å². The van der Waals surface area contributed by atoms with Crippen molar-refractivity contribution in [3.8, 4) is 28.3 Å². The average molecular weight is 463 g/mol. The van der Waals surface area contributed by atoms with Gasteiger partial charge < -0.3 is 9.84 Å². The van der Waals surface area contributed by atoms with Crippen molar-refractivity contribution in [1.82, 2.24) is 20.2 Å². The van der Waals surface area contributed by atoms with E-state index in [1.807, 2.05) is 42.5 Å². The van der Waals surface area contributed by atoms with Crippen molar-refractivity contribution in [3.05, 3.63) is 120 Å². The van der Waals surface area contributed by atoms with Crippen molar-refractivity contribution in [2.75, 3.05) is 0 Å². The van der Waals surface area contributed by atoms with Gasteiger partial charge in [0.15, 0.2) is 0 Å². The van der Waals surface area contributed by atoms with E-state index in [0.29, 0.717) is 18.0 Å². The van der Waals surface area contributed by atoms with Crippen molar-refractivity contribution < 1.29 is 14.6 Å². The molecule has 0 spiro atoms. The Morgan fingerprint density at radius 2 is 1.43 bits per heavy atom. The van der Waals surface area contributed by atoms with Crippen LogP contribution in [0, 0.1) is 0 Å². The maximum atomic E-state index is 11.4. The number of tetrazole rings is 1. The van der Waals surface area contributed by atoms with Gasteiger partial charge >= 0.3 is 5.97 Å². The molecule has 0 radical (unpaired) electrons. The molecule has 5 rings (SSSR count). The number of benzene rings is 4. The minimum Gasteiger partial charge on any atom is -0.489 e. The van der Waals surface area contributed by atoms with Crippen LogP contribution in [0.3, 0.4) is 0 Å². The van der Waals surface area contributed by atoms with Crippen molar-refractivity contribution in [1.29, 1.82) is 0 Å². The topological polar surface area (TPSA) is 90.1 Å². The number of rotatable bonds is 8. The Hall–Kier alpha value is -4.78. The molecule has 0 aliphatic carbocycles. The Balaban J connectivity index is 1.21. The fraction of sp³-hybridized carbons (Fsp3) is 0.0714. The van der Waals surface area contributed by atoms with E-state index in [2.05, 4.69) is 51.8 Å². The first-order valence-electron chi connectivity index (χ1n) is 11.1. The lowest BCUT2D eigenvalue weighted by molar-refractivity contribution is 0.0695. The van der Waals surface area contributed by atoms with Crippen LogP contribution in [0.4, 0.5) is 0 Å². The summed E-state index contributed by atoms with van der Waals surface area (Å²) in [6, 6.07) is 32.9. The molecule has 1 heterocycles. The van der Waals surface area contributed by atoms with E-state index in [-0.39, 0.29) is 12.1 Å². The van der Waals surface area contributed by atoms with Gasteiger partial charge in [-0.15, -0.1) is 10.2 Å². The molecular weight excluding hydrogens is 440 g/mol. The smallest absolute Gasteiger partial charge is 0.336 e. The molecule has 0 unspecified atom stereocenters. The molecule has 172 valence electrons. The second kappa shape index (κ2) is 10.0. The predicted molar refractivity (Wildman–Crippen MR) is 132 cm³/mol. The second-order valence-electron chi connectivity index (χ2n) is 7.98. The summed E-state index contributed by atoms with van der Waals surface area (Å²) in [5, 5.41) is 21.9. The zero-order valence-corrected chi connectivity index (χ0v) is 18.8. The summed E-state index contributed by atoms with van der Waals surface area (Å²) < 4.78 is 5.93. The second-order valence-corrected chi connectivity index (χ2v) is 7.98. The lowest BCUT2D eigenvalue weighted by atomic mass is 10.0. The maximum absolute atomic E-state index is 11.4. The highest BCUT2D eigenvalue weighted by Gasteiger charge is 2.12. The number of hydrogen-bond donors (Lipinski definition) is 1. The Kier molecular flexibility index (Phi) is 6.30. The highest BCUT2D eigenvalue weighted by Crippen LogP contribution is 2.22. The Labute approximate surface area is 202 Å². The molecule has 4 aromatic carbocycles. The summed E-state index contributed by atoms with van der Waals surface area (Å²) in [5.41, 5.74) is 5.08. The third-order valence-electron chi connectivity index (χ3n) is 5.59. The monoisotopic (exact) mass is 462 g/mol. The van der Waals surface area contributed by atoms with E-state index in [0.717, 1.165) is 16.9 Å². The van der Waals surface area contributed by atoms with Gasteiger partial charge in [0.2, 0.25) is 5.82 Å². The molecule has 1 aromatic heterocycles. The first-order valence-corrected chi connectivity index (χ1v) is 11.1. The van der Waals surface area contributed by atoms with E-state index < -0.39 is 5.97 Å². The van der Waals surface area contributed by atoms with Crippen LogP contribution < -0.4 is 4.74 Å². The molecule has 0 aliphatic rings. The Morgan fingerprint density at radius 3 is 2.17 bits per heavy atom. The van der Waals surface area contributed by atoms with Gasteiger partial charge in [0, 0.05) is 5.56 Å². The van der Waals surface area contributed by atoms with Crippen molar-refractivity contribution in [2.24, 2.45) is 0 Å². The first-order chi connectivity index (χ1) is 17.2. The van der Waals surface area contributed by atoms with E-state index in [1.165, 1.54) is 15.9 Å². The number of nitrogens with zero attached hydrogens (tertiary/aromatic N) is 4. The maximum Gasteiger partial charge on any atom is 0.336 e. The molecule has 0 aliphatic heterocycles. The molecule has 0 atom stereocenters. The van der Waals surface area contributed by atoms with Gasteiger partial charge in [0.25, 0.3) is 0 Å². The minimum absolute atomic E-state index is 0.222. The van der Waals surface area contributed by atoms with Crippen LogP contribution in [-0.2, 0) is 13.2 Å². The first kappa shape index (κ1) is 22.0. The van der Waals surface area contributed by atoms with Gasteiger partial charge in [-0.3, -0.25) is 0 Å². The summed E-state index contributed by atoms with van der Waals surface area (Å²) in [6.45, 7) is 0.686. The Bertz CT molecular complexity index is 1430. The SMILES string of the molecule is O=C(O)c1ccccc1Cn1nnc(-c2ccc(OCc3ccc(-c4ccccc4)cc3)cc2)n1. The number of carboxylic acids is 1. The number of aromatic nitrogens is 4. The standard InChI is InChI=1S/C28H22N4O3/c33-28(34)26-9-5-4-8-24(26)18-32-30-27(29-31-32)23-14-16-25(17-15-23)35-19-20-10-12-22(13-11-20)21-6-2-1-3-7-21/h1-17H,18-19H2,(H,33,34). The fourth-order valence-electron chi connectivity index (χ4n) is 3.74. The molecule has 0 fully saturated rings. The molecule has 0 saturated carbocycles. The van der Waals surface area contributed by atoms with Gasteiger partial charge in [0.05, 0.1) is 12.1 Å². The molecule has 7 nitrogen and oxygen atoms in total. The molecule has 0 saturated heterocycles. The molecular formula is C28H22N4O3. The minimum atomic E-state index is -0.983. The summed E-state index contributed by atoms with van der Waals surface area (Å²) in [5.74, 6) is 0.216. The van der Waals surface area contributed by atoms with Crippen molar-refractivity contribution in [2.45, 2.75) is 13.2 Å². The van der Waals surface area contributed by atoms with E-state index >= 15 is 0 Å². The van der Waals surface area contributed by atoms with E-state index in [9.17, 15) is 9.90 Å². The van der Waals surface area contributed by atoms with Crippen LogP contribution in [-0.4, -0.2) is 31.3 Å². The zero-order chi connectivity index (χ0) is 24.0. The summed E-state index contributed by atoms with van der Waals surface area (Å²) in [4.78, 5) is 12.8. The lowest BCUT2D eigenvalue weighted by Crippen LogP contribution is -2.09. The van der Waals surface area contributed by atoms with Gasteiger partial charge in [-0.1, -0.05) is 72.8 Å². The van der Waals surface area contributed by atoms with Gasteiger partial charge in [-0.05, 0) is 57.8 Å². The summed E-state index contributed by atoms with van der Waals surface area (Å²) >= 11 is 0. The third kappa shape index (κ3) is 5.25. The van der Waals surface area contributed by atoms with Crippen molar-refractivity contribution in [3.63, 3.8) is 0 Å². The third-order valence-corrected chi connectivity index (χ3v) is 5.59. The number of ether oxygens (including phenoxy) is 1. The predicted octanol–water partition coefficient (Wildman–Crippen LogP) is 5.33. The summed E-state index contributed by atoms with van der Waals surface area (Å²) in [6.07, 6.45) is 0. The van der Waals surface area contributed by atoms with E-state index in [1.54, 1.807) is 24.3 Å². The molecule has 0 amide bonds.